The van der Waals surface area contributed by atoms with E-state index in [-0.39, 0.29) is 12.5 Å². The van der Waals surface area contributed by atoms with Crippen LogP contribution in [-0.4, -0.2) is 62.3 Å². The number of anilines is 1. The van der Waals surface area contributed by atoms with Crippen molar-refractivity contribution in [1.82, 2.24) is 10.2 Å². The maximum absolute atomic E-state index is 12.1. The van der Waals surface area contributed by atoms with Crippen LogP contribution in [0.5, 0.6) is 0 Å². The van der Waals surface area contributed by atoms with E-state index in [9.17, 15) is 9.90 Å². The summed E-state index contributed by atoms with van der Waals surface area (Å²) in [7, 11) is 3.97. The second-order valence-corrected chi connectivity index (χ2v) is 6.42. The van der Waals surface area contributed by atoms with Gasteiger partial charge in [0, 0.05) is 37.9 Å². The fraction of sp³-hybridized carbons (Fsp3) is 0.611. The van der Waals surface area contributed by atoms with Crippen molar-refractivity contribution < 1.29 is 9.90 Å². The van der Waals surface area contributed by atoms with Gasteiger partial charge in [-0.1, -0.05) is 0 Å². The van der Waals surface area contributed by atoms with E-state index in [4.69, 9.17) is 0 Å². The number of likely N-dealkylation sites (tertiary alicyclic amines) is 1. The Labute approximate surface area is 139 Å². The first-order valence-corrected chi connectivity index (χ1v) is 8.52. The first-order valence-electron chi connectivity index (χ1n) is 8.52. The van der Waals surface area contributed by atoms with E-state index in [1.54, 1.807) is 0 Å². The SMILES string of the molecule is CN(C)c1ccc(C(=O)NCCCCN2CCCC2CO)cc1. The van der Waals surface area contributed by atoms with E-state index < -0.39 is 0 Å². The molecule has 1 saturated heterocycles. The zero-order valence-electron chi connectivity index (χ0n) is 14.3. The molecule has 23 heavy (non-hydrogen) atoms. The number of nitrogens with one attached hydrogen (secondary N) is 1. The van der Waals surface area contributed by atoms with Crippen LogP contribution in [0.15, 0.2) is 24.3 Å². The highest BCUT2D eigenvalue weighted by atomic mass is 16.3. The molecule has 0 aliphatic carbocycles. The van der Waals surface area contributed by atoms with Gasteiger partial charge in [-0.05, 0) is 63.0 Å². The third-order valence-electron chi connectivity index (χ3n) is 4.51. The van der Waals surface area contributed by atoms with Crippen molar-refractivity contribution in [1.29, 1.82) is 0 Å². The molecule has 5 nitrogen and oxygen atoms in total. The van der Waals surface area contributed by atoms with Crippen LogP contribution in [0.3, 0.4) is 0 Å². The van der Waals surface area contributed by atoms with E-state index >= 15 is 0 Å². The molecule has 128 valence electrons. The third-order valence-corrected chi connectivity index (χ3v) is 4.51. The Hall–Kier alpha value is -1.59. The van der Waals surface area contributed by atoms with Gasteiger partial charge in [-0.25, -0.2) is 0 Å². The standard InChI is InChI=1S/C18H29N3O2/c1-20(2)16-9-7-15(8-10-16)18(23)19-11-3-4-12-21-13-5-6-17(21)14-22/h7-10,17,22H,3-6,11-14H2,1-2H3,(H,19,23). The predicted molar refractivity (Wildman–Crippen MR) is 94.0 cm³/mol. The zero-order valence-corrected chi connectivity index (χ0v) is 14.3. The van der Waals surface area contributed by atoms with Gasteiger partial charge in [-0.15, -0.1) is 0 Å². The fourth-order valence-electron chi connectivity index (χ4n) is 3.05. The molecule has 5 heteroatoms. The van der Waals surface area contributed by atoms with Gasteiger partial charge in [0.05, 0.1) is 6.61 Å². The molecule has 1 aromatic rings. The summed E-state index contributed by atoms with van der Waals surface area (Å²) in [6.07, 6.45) is 4.31. The number of aliphatic hydroxyl groups is 1. The number of amides is 1. The maximum Gasteiger partial charge on any atom is 0.251 e. The number of carbonyl (C=O) groups excluding carboxylic acids is 1. The minimum Gasteiger partial charge on any atom is -0.395 e. The third kappa shape index (κ3) is 5.22. The molecule has 2 rings (SSSR count). The number of hydrogen-bond donors (Lipinski definition) is 2. The summed E-state index contributed by atoms with van der Waals surface area (Å²) in [5.41, 5.74) is 1.79. The lowest BCUT2D eigenvalue weighted by Gasteiger charge is -2.22. The molecule has 1 aliphatic rings. The van der Waals surface area contributed by atoms with Gasteiger partial charge in [0.15, 0.2) is 0 Å². The van der Waals surface area contributed by atoms with Crippen LogP contribution in [0.25, 0.3) is 0 Å². The highest BCUT2D eigenvalue weighted by molar-refractivity contribution is 5.94. The molecule has 0 spiro atoms. The normalized spacial score (nSPS) is 18.1. The number of rotatable bonds is 8. The Morgan fingerprint density at radius 3 is 2.70 bits per heavy atom. The summed E-state index contributed by atoms with van der Waals surface area (Å²) in [6, 6.07) is 7.98. The Bertz CT molecular complexity index is 488. The number of unbranched alkanes of at least 4 members (excludes halogenated alkanes) is 1. The van der Waals surface area contributed by atoms with Crippen molar-refractivity contribution in [2.45, 2.75) is 31.7 Å². The van der Waals surface area contributed by atoms with Crippen LogP contribution in [0.2, 0.25) is 0 Å². The Morgan fingerprint density at radius 1 is 1.30 bits per heavy atom. The summed E-state index contributed by atoms with van der Waals surface area (Å²) in [4.78, 5) is 16.5. The summed E-state index contributed by atoms with van der Waals surface area (Å²) in [5.74, 6) is -0.00952. The fourth-order valence-corrected chi connectivity index (χ4v) is 3.05. The molecule has 1 unspecified atom stereocenters. The average molecular weight is 319 g/mol. The molecule has 0 radical (unpaired) electrons. The summed E-state index contributed by atoms with van der Waals surface area (Å²) >= 11 is 0. The summed E-state index contributed by atoms with van der Waals surface area (Å²) < 4.78 is 0. The monoisotopic (exact) mass is 319 g/mol. The molecule has 1 fully saturated rings. The molecule has 0 bridgehead atoms. The summed E-state index contributed by atoms with van der Waals surface area (Å²) in [6.45, 7) is 3.07. The first-order chi connectivity index (χ1) is 11.1. The van der Waals surface area contributed by atoms with Crippen LogP contribution >= 0.6 is 0 Å². The molecular formula is C18H29N3O2. The van der Waals surface area contributed by atoms with Crippen molar-refractivity contribution in [2.24, 2.45) is 0 Å². The van der Waals surface area contributed by atoms with Crippen molar-refractivity contribution in [3.8, 4) is 0 Å². The minimum atomic E-state index is -0.00952. The number of nitrogens with zero attached hydrogens (tertiary/aromatic N) is 2. The highest BCUT2D eigenvalue weighted by Crippen LogP contribution is 2.17. The highest BCUT2D eigenvalue weighted by Gasteiger charge is 2.22. The number of benzene rings is 1. The van der Waals surface area contributed by atoms with Crippen LogP contribution in [0.4, 0.5) is 5.69 Å². The lowest BCUT2D eigenvalue weighted by molar-refractivity contribution is 0.0952. The first kappa shape index (κ1) is 17.8. The van der Waals surface area contributed by atoms with Crippen LogP contribution < -0.4 is 10.2 Å². The zero-order chi connectivity index (χ0) is 16.7. The molecule has 1 atom stereocenters. The average Bonchev–Trinajstić information content (AvgIpc) is 3.02. The van der Waals surface area contributed by atoms with E-state index in [2.05, 4.69) is 10.2 Å². The van der Waals surface area contributed by atoms with Gasteiger partial charge >= 0.3 is 0 Å². The largest absolute Gasteiger partial charge is 0.395 e. The molecule has 0 aromatic heterocycles. The Kier molecular flexibility index (Phi) is 6.86. The van der Waals surface area contributed by atoms with E-state index in [1.807, 2.05) is 43.3 Å². The topological polar surface area (TPSA) is 55.8 Å². The van der Waals surface area contributed by atoms with E-state index in [0.29, 0.717) is 18.2 Å². The molecule has 1 aromatic carbocycles. The maximum atomic E-state index is 12.1. The number of carbonyl (C=O) groups is 1. The second kappa shape index (κ2) is 8.89. The van der Waals surface area contributed by atoms with Crippen LogP contribution in [0, 0.1) is 0 Å². The van der Waals surface area contributed by atoms with E-state index in [0.717, 1.165) is 38.0 Å². The van der Waals surface area contributed by atoms with Crippen LogP contribution in [-0.2, 0) is 0 Å². The smallest absolute Gasteiger partial charge is 0.251 e. The molecule has 1 heterocycles. The lowest BCUT2D eigenvalue weighted by Crippen LogP contribution is -2.33. The van der Waals surface area contributed by atoms with Gasteiger partial charge in [0.2, 0.25) is 0 Å². The van der Waals surface area contributed by atoms with Gasteiger partial charge in [0.25, 0.3) is 5.91 Å². The van der Waals surface area contributed by atoms with Crippen molar-refractivity contribution >= 4 is 11.6 Å². The Balaban J connectivity index is 1.64. The minimum absolute atomic E-state index is 0.00952. The molecule has 1 amide bonds. The molecular weight excluding hydrogens is 290 g/mol. The van der Waals surface area contributed by atoms with Crippen molar-refractivity contribution in [2.75, 3.05) is 45.2 Å². The van der Waals surface area contributed by atoms with Crippen molar-refractivity contribution in [3.63, 3.8) is 0 Å². The quantitative estimate of drug-likeness (QED) is 0.717. The van der Waals surface area contributed by atoms with Gasteiger partial charge < -0.3 is 15.3 Å². The molecule has 2 N–H and O–H groups in total. The lowest BCUT2D eigenvalue weighted by atomic mass is 10.2. The molecule has 0 saturated carbocycles. The second-order valence-electron chi connectivity index (χ2n) is 6.42. The number of hydrogen-bond acceptors (Lipinski definition) is 4. The Morgan fingerprint density at radius 2 is 2.04 bits per heavy atom. The van der Waals surface area contributed by atoms with Crippen molar-refractivity contribution in [3.05, 3.63) is 29.8 Å². The van der Waals surface area contributed by atoms with Gasteiger partial charge in [-0.3, -0.25) is 9.69 Å². The van der Waals surface area contributed by atoms with E-state index in [1.165, 1.54) is 6.42 Å². The molecule has 1 aliphatic heterocycles. The van der Waals surface area contributed by atoms with Gasteiger partial charge in [0.1, 0.15) is 0 Å². The van der Waals surface area contributed by atoms with Gasteiger partial charge in [-0.2, -0.15) is 0 Å². The summed E-state index contributed by atoms with van der Waals surface area (Å²) in [5, 5.41) is 12.3. The number of aliphatic hydroxyl groups excluding tert-OH is 1. The predicted octanol–water partition coefficient (Wildman–Crippen LogP) is 1.72. The van der Waals surface area contributed by atoms with Crippen LogP contribution in [0.1, 0.15) is 36.0 Å².